The fraction of sp³-hybridized carbons (Fsp3) is 0.692. The third kappa shape index (κ3) is 3.59. The SMILES string of the molecule is CS(=O)(=O)CCCn1cc2c(c1)C(N)CCCC2. The summed E-state index contributed by atoms with van der Waals surface area (Å²) in [5.41, 5.74) is 8.75. The van der Waals surface area contributed by atoms with Gasteiger partial charge in [-0.05, 0) is 36.8 Å². The van der Waals surface area contributed by atoms with Gasteiger partial charge < -0.3 is 10.3 Å². The van der Waals surface area contributed by atoms with E-state index in [1.165, 1.54) is 30.2 Å². The van der Waals surface area contributed by atoms with Gasteiger partial charge in [-0.15, -0.1) is 0 Å². The van der Waals surface area contributed by atoms with E-state index in [1.807, 2.05) is 0 Å². The van der Waals surface area contributed by atoms with Gasteiger partial charge >= 0.3 is 0 Å². The molecule has 0 aromatic carbocycles. The molecule has 0 radical (unpaired) electrons. The highest BCUT2D eigenvalue weighted by molar-refractivity contribution is 7.90. The number of aromatic nitrogens is 1. The van der Waals surface area contributed by atoms with Crippen LogP contribution in [0.4, 0.5) is 0 Å². The lowest BCUT2D eigenvalue weighted by molar-refractivity contribution is 0.588. The van der Waals surface area contributed by atoms with Crippen LogP contribution >= 0.6 is 0 Å². The van der Waals surface area contributed by atoms with Crippen LogP contribution < -0.4 is 5.73 Å². The summed E-state index contributed by atoms with van der Waals surface area (Å²) in [5.74, 6) is 0.252. The highest BCUT2D eigenvalue weighted by Crippen LogP contribution is 2.27. The number of sulfone groups is 1. The van der Waals surface area contributed by atoms with E-state index in [0.717, 1.165) is 19.4 Å². The average molecular weight is 270 g/mol. The summed E-state index contributed by atoms with van der Waals surface area (Å²) in [5, 5.41) is 0. The number of fused-ring (bicyclic) bond motifs is 1. The number of aryl methyl sites for hydroxylation is 2. The molecule has 18 heavy (non-hydrogen) atoms. The van der Waals surface area contributed by atoms with Crippen LogP contribution in [0.5, 0.6) is 0 Å². The van der Waals surface area contributed by atoms with Gasteiger partial charge in [0.1, 0.15) is 9.84 Å². The van der Waals surface area contributed by atoms with Gasteiger partial charge in [0.15, 0.2) is 0 Å². The van der Waals surface area contributed by atoms with E-state index in [0.29, 0.717) is 6.42 Å². The van der Waals surface area contributed by atoms with E-state index in [1.54, 1.807) is 0 Å². The molecule has 2 N–H and O–H groups in total. The average Bonchev–Trinajstić information content (AvgIpc) is 2.58. The molecule has 1 aromatic rings. The van der Waals surface area contributed by atoms with Crippen molar-refractivity contribution in [1.82, 2.24) is 4.57 Å². The molecule has 0 spiro atoms. The summed E-state index contributed by atoms with van der Waals surface area (Å²) in [6.45, 7) is 0.757. The minimum Gasteiger partial charge on any atom is -0.354 e. The molecule has 2 rings (SSSR count). The minimum absolute atomic E-state index is 0.152. The Hall–Kier alpha value is -0.810. The molecule has 1 aromatic heterocycles. The van der Waals surface area contributed by atoms with E-state index < -0.39 is 9.84 Å². The van der Waals surface area contributed by atoms with Crippen molar-refractivity contribution < 1.29 is 8.42 Å². The predicted octanol–water partition coefficient (Wildman–Crippen LogP) is 1.65. The van der Waals surface area contributed by atoms with Crippen LogP contribution in [0.1, 0.15) is 42.9 Å². The van der Waals surface area contributed by atoms with Gasteiger partial charge in [0, 0.05) is 31.2 Å². The monoisotopic (exact) mass is 270 g/mol. The Morgan fingerprint density at radius 2 is 2.17 bits per heavy atom. The van der Waals surface area contributed by atoms with Crippen molar-refractivity contribution in [2.75, 3.05) is 12.0 Å². The van der Waals surface area contributed by atoms with Crippen molar-refractivity contribution in [3.8, 4) is 0 Å². The number of rotatable bonds is 4. The van der Waals surface area contributed by atoms with Crippen LogP contribution in [-0.2, 0) is 22.8 Å². The first kappa shape index (κ1) is 13.6. The number of nitrogens with two attached hydrogens (primary N) is 1. The van der Waals surface area contributed by atoms with Crippen LogP contribution in [0.2, 0.25) is 0 Å². The van der Waals surface area contributed by atoms with E-state index in [-0.39, 0.29) is 11.8 Å². The van der Waals surface area contributed by atoms with Crippen LogP contribution in [-0.4, -0.2) is 25.0 Å². The smallest absolute Gasteiger partial charge is 0.147 e. The Labute approximate surface area is 109 Å². The second kappa shape index (κ2) is 5.45. The first-order valence-electron chi connectivity index (χ1n) is 6.57. The quantitative estimate of drug-likeness (QED) is 0.846. The van der Waals surface area contributed by atoms with Crippen LogP contribution in [0, 0.1) is 0 Å². The third-order valence-corrected chi connectivity index (χ3v) is 4.57. The lowest BCUT2D eigenvalue weighted by Crippen LogP contribution is -2.09. The molecule has 4 nitrogen and oxygen atoms in total. The minimum atomic E-state index is -2.85. The van der Waals surface area contributed by atoms with Crippen molar-refractivity contribution in [2.24, 2.45) is 5.73 Å². The normalized spacial score (nSPS) is 20.4. The van der Waals surface area contributed by atoms with Crippen molar-refractivity contribution in [2.45, 2.75) is 44.7 Å². The maximum absolute atomic E-state index is 11.1. The summed E-state index contributed by atoms with van der Waals surface area (Å²) in [6.07, 6.45) is 10.8. The second-order valence-electron chi connectivity index (χ2n) is 5.31. The molecule has 0 fully saturated rings. The molecule has 0 amide bonds. The number of hydrogen-bond donors (Lipinski definition) is 1. The lowest BCUT2D eigenvalue weighted by atomic mass is 10.1. The fourth-order valence-corrected chi connectivity index (χ4v) is 3.24. The summed E-state index contributed by atoms with van der Waals surface area (Å²) >= 11 is 0. The molecule has 1 heterocycles. The standard InChI is InChI=1S/C13H22N2O2S/c1-18(16,17)8-4-7-15-9-11-5-2-3-6-13(14)12(11)10-15/h9-10,13H,2-8,14H2,1H3. The molecule has 1 unspecified atom stereocenters. The summed E-state index contributed by atoms with van der Waals surface area (Å²) < 4.78 is 24.3. The second-order valence-corrected chi connectivity index (χ2v) is 7.57. The molecular weight excluding hydrogens is 248 g/mol. The van der Waals surface area contributed by atoms with Gasteiger partial charge in [0.05, 0.1) is 5.75 Å². The molecule has 5 heteroatoms. The molecule has 102 valence electrons. The molecule has 0 saturated heterocycles. The first-order chi connectivity index (χ1) is 8.46. The molecule has 0 bridgehead atoms. The van der Waals surface area contributed by atoms with Crippen molar-refractivity contribution in [1.29, 1.82) is 0 Å². The van der Waals surface area contributed by atoms with E-state index in [9.17, 15) is 8.42 Å². The van der Waals surface area contributed by atoms with Crippen LogP contribution in [0.15, 0.2) is 12.4 Å². The summed E-state index contributed by atoms with van der Waals surface area (Å²) in [7, 11) is -2.85. The zero-order valence-corrected chi connectivity index (χ0v) is 11.7. The zero-order chi connectivity index (χ0) is 13.2. The molecule has 0 saturated carbocycles. The summed E-state index contributed by atoms with van der Waals surface area (Å²) in [6, 6.07) is 0.152. The number of hydrogen-bond acceptors (Lipinski definition) is 3. The topological polar surface area (TPSA) is 65.1 Å². The van der Waals surface area contributed by atoms with Gasteiger partial charge in [0.25, 0.3) is 0 Å². The predicted molar refractivity (Wildman–Crippen MR) is 73.2 cm³/mol. The molecule has 0 aliphatic heterocycles. The highest BCUT2D eigenvalue weighted by Gasteiger charge is 2.17. The van der Waals surface area contributed by atoms with Crippen molar-refractivity contribution in [3.05, 3.63) is 23.5 Å². The molecule has 1 aliphatic rings. The summed E-state index contributed by atoms with van der Waals surface area (Å²) in [4.78, 5) is 0. The van der Waals surface area contributed by atoms with Crippen LogP contribution in [0.25, 0.3) is 0 Å². The van der Waals surface area contributed by atoms with Crippen LogP contribution in [0.3, 0.4) is 0 Å². The van der Waals surface area contributed by atoms with Gasteiger partial charge in [-0.2, -0.15) is 0 Å². The third-order valence-electron chi connectivity index (χ3n) is 3.54. The van der Waals surface area contributed by atoms with E-state index >= 15 is 0 Å². The maximum Gasteiger partial charge on any atom is 0.147 e. The largest absolute Gasteiger partial charge is 0.354 e. The highest BCUT2D eigenvalue weighted by atomic mass is 32.2. The fourth-order valence-electron chi connectivity index (χ4n) is 2.59. The first-order valence-corrected chi connectivity index (χ1v) is 8.63. The Morgan fingerprint density at radius 1 is 1.39 bits per heavy atom. The molecular formula is C13H22N2O2S. The van der Waals surface area contributed by atoms with Crippen molar-refractivity contribution >= 4 is 9.84 Å². The Balaban J connectivity index is 2.01. The molecule has 1 aliphatic carbocycles. The number of nitrogens with zero attached hydrogens (tertiary/aromatic N) is 1. The molecule has 1 atom stereocenters. The van der Waals surface area contributed by atoms with E-state index in [2.05, 4.69) is 17.0 Å². The Morgan fingerprint density at radius 3 is 2.89 bits per heavy atom. The maximum atomic E-state index is 11.1. The Bertz CT molecular complexity index is 505. The van der Waals surface area contributed by atoms with E-state index in [4.69, 9.17) is 5.73 Å². The van der Waals surface area contributed by atoms with Gasteiger partial charge in [0.2, 0.25) is 0 Å². The van der Waals surface area contributed by atoms with Gasteiger partial charge in [-0.1, -0.05) is 6.42 Å². The zero-order valence-electron chi connectivity index (χ0n) is 10.9. The lowest BCUT2D eigenvalue weighted by Gasteiger charge is -2.07. The van der Waals surface area contributed by atoms with Gasteiger partial charge in [-0.25, -0.2) is 8.42 Å². The van der Waals surface area contributed by atoms with Gasteiger partial charge in [-0.3, -0.25) is 0 Å². The Kier molecular flexibility index (Phi) is 4.12. The van der Waals surface area contributed by atoms with Crippen molar-refractivity contribution in [3.63, 3.8) is 0 Å².